The molecule has 0 unspecified atom stereocenters. The molecule has 0 aliphatic carbocycles. The van der Waals surface area contributed by atoms with Gasteiger partial charge in [-0.1, -0.05) is 5.06 Å². The van der Waals surface area contributed by atoms with Crippen molar-refractivity contribution in [3.8, 4) is 12.4 Å². The summed E-state index contributed by atoms with van der Waals surface area (Å²) < 4.78 is 0. The van der Waals surface area contributed by atoms with E-state index >= 15 is 0 Å². The zero-order chi connectivity index (χ0) is 4.99. The molecule has 1 N–H and O–H groups in total. The minimum Gasteiger partial charge on any atom is -0.265 e. The highest BCUT2D eigenvalue weighted by Crippen LogP contribution is 1.62. The molecule has 0 heterocycles. The third-order valence-electron chi connectivity index (χ3n) is 0.189. The van der Waals surface area contributed by atoms with E-state index in [1.165, 1.54) is 0 Å². The molecule has 0 spiro atoms. The number of nitrogens with zero attached hydrogens (tertiary/aromatic N) is 3. The summed E-state index contributed by atoms with van der Waals surface area (Å²) in [6, 6.07) is 0. The Bertz CT molecular complexity index is 92.9. The molecular weight excluding hydrogens is 82.0 g/mol. The number of hydroxylamine groups is 2. The predicted molar refractivity (Wildman–Crippen MR) is 14.9 cm³/mol. The zero-order valence-electron chi connectivity index (χ0n) is 2.79. The van der Waals surface area contributed by atoms with Crippen molar-refractivity contribution in [1.82, 2.24) is 5.06 Å². The van der Waals surface area contributed by atoms with Gasteiger partial charge in [0.2, 0.25) is 12.4 Å². The van der Waals surface area contributed by atoms with Gasteiger partial charge in [-0.2, -0.15) is 10.5 Å². The van der Waals surface area contributed by atoms with E-state index in [0.717, 1.165) is 12.4 Å². The lowest BCUT2D eigenvalue weighted by atomic mass is 11.1. The first-order chi connectivity index (χ1) is 2.81. The SMILES string of the molecule is N#CN(O)C#N. The molecule has 0 aromatic rings. The first kappa shape index (κ1) is 4.74. The first-order valence-corrected chi connectivity index (χ1v) is 1.09. The molecule has 4 heteroatoms. The summed E-state index contributed by atoms with van der Waals surface area (Å²) in [4.78, 5) is 0. The summed E-state index contributed by atoms with van der Waals surface area (Å²) >= 11 is 0. The second-order valence-corrected chi connectivity index (χ2v) is 0.512. The fourth-order valence-corrected chi connectivity index (χ4v) is 0.0224. The molecule has 4 nitrogen and oxygen atoms in total. The Kier molecular flexibility index (Phi) is 1.59. The van der Waals surface area contributed by atoms with Crippen molar-refractivity contribution in [2.45, 2.75) is 0 Å². The van der Waals surface area contributed by atoms with Gasteiger partial charge in [-0.3, -0.25) is 5.21 Å². The smallest absolute Gasteiger partial charge is 0.220 e. The molecule has 0 atom stereocenters. The molecule has 0 radical (unpaired) electrons. The largest absolute Gasteiger partial charge is 0.265 e. The van der Waals surface area contributed by atoms with Crippen molar-refractivity contribution in [3.05, 3.63) is 0 Å². The quantitative estimate of drug-likeness (QED) is 0.246. The second kappa shape index (κ2) is 2.01. The molecule has 30 valence electrons. The lowest BCUT2D eigenvalue weighted by Crippen LogP contribution is -2.00. The average molecular weight is 83.1 g/mol. The lowest BCUT2D eigenvalue weighted by molar-refractivity contribution is 0.0316. The number of rotatable bonds is 0. The van der Waals surface area contributed by atoms with Crippen LogP contribution >= 0.6 is 0 Å². The van der Waals surface area contributed by atoms with Crippen LogP contribution < -0.4 is 0 Å². The van der Waals surface area contributed by atoms with E-state index in [9.17, 15) is 0 Å². The van der Waals surface area contributed by atoms with Gasteiger partial charge in [0, 0.05) is 0 Å². The highest BCUT2D eigenvalue weighted by atomic mass is 16.5. The van der Waals surface area contributed by atoms with Crippen molar-refractivity contribution in [1.29, 1.82) is 10.5 Å². The van der Waals surface area contributed by atoms with Crippen LogP contribution in [0.15, 0.2) is 0 Å². The summed E-state index contributed by atoms with van der Waals surface area (Å²) in [5, 5.41) is 22.7. The molecule has 0 aromatic carbocycles. The van der Waals surface area contributed by atoms with E-state index in [1.54, 1.807) is 0 Å². The molecule has 0 saturated heterocycles. The number of hydrogen-bond acceptors (Lipinski definition) is 4. The van der Waals surface area contributed by atoms with Crippen LogP contribution in [0.3, 0.4) is 0 Å². The van der Waals surface area contributed by atoms with E-state index in [4.69, 9.17) is 15.7 Å². The molecule has 6 heavy (non-hydrogen) atoms. The summed E-state index contributed by atoms with van der Waals surface area (Å²) in [6.07, 6.45) is 2.28. The molecule has 0 aromatic heterocycles. The Morgan fingerprint density at radius 3 is 1.67 bits per heavy atom. The molecule has 0 rings (SSSR count). The molecule has 0 aliphatic rings. The van der Waals surface area contributed by atoms with Gasteiger partial charge >= 0.3 is 0 Å². The van der Waals surface area contributed by atoms with E-state index in [-0.39, 0.29) is 5.06 Å². The van der Waals surface area contributed by atoms with Crippen LogP contribution in [0.5, 0.6) is 0 Å². The van der Waals surface area contributed by atoms with Crippen LogP contribution in [0.1, 0.15) is 0 Å². The standard InChI is InChI=1S/C2HN3O/c3-1-5(6)2-4/h6H. The maximum absolute atomic E-state index is 7.78. The molecule has 0 aliphatic heterocycles. The van der Waals surface area contributed by atoms with Crippen LogP contribution in [0.25, 0.3) is 0 Å². The highest BCUT2D eigenvalue weighted by Gasteiger charge is 1.81. The van der Waals surface area contributed by atoms with Gasteiger partial charge in [-0.25, -0.2) is 0 Å². The van der Waals surface area contributed by atoms with Gasteiger partial charge in [0.15, 0.2) is 0 Å². The molecule has 0 bridgehead atoms. The van der Waals surface area contributed by atoms with Crippen molar-refractivity contribution in [2.24, 2.45) is 0 Å². The van der Waals surface area contributed by atoms with Crippen LogP contribution in [0.4, 0.5) is 0 Å². The van der Waals surface area contributed by atoms with Crippen molar-refractivity contribution in [3.63, 3.8) is 0 Å². The van der Waals surface area contributed by atoms with Crippen molar-refractivity contribution >= 4 is 0 Å². The van der Waals surface area contributed by atoms with Crippen molar-refractivity contribution < 1.29 is 5.21 Å². The zero-order valence-corrected chi connectivity index (χ0v) is 2.79. The van der Waals surface area contributed by atoms with Crippen LogP contribution in [-0.2, 0) is 0 Å². The minimum absolute atomic E-state index is 0.139. The van der Waals surface area contributed by atoms with E-state index in [2.05, 4.69) is 0 Å². The average Bonchev–Trinajstić information content (AvgIpc) is 1.65. The Morgan fingerprint density at radius 2 is 1.67 bits per heavy atom. The van der Waals surface area contributed by atoms with Crippen LogP contribution in [0, 0.1) is 22.9 Å². The van der Waals surface area contributed by atoms with E-state index in [0.29, 0.717) is 0 Å². The Hall–Kier alpha value is -1.26. The number of hydrogen-bond donors (Lipinski definition) is 1. The van der Waals surface area contributed by atoms with Crippen LogP contribution in [-0.4, -0.2) is 10.3 Å². The predicted octanol–water partition coefficient (Wildman–Crippen LogP) is -0.360. The summed E-state index contributed by atoms with van der Waals surface area (Å²) in [5.41, 5.74) is 0. The molecular formula is C2HN3O. The monoisotopic (exact) mass is 83.0 g/mol. The topological polar surface area (TPSA) is 71.1 Å². The van der Waals surface area contributed by atoms with Crippen molar-refractivity contribution in [2.75, 3.05) is 0 Å². The third kappa shape index (κ3) is 1.10. The fourth-order valence-electron chi connectivity index (χ4n) is 0.0224. The van der Waals surface area contributed by atoms with Gasteiger partial charge < -0.3 is 0 Å². The minimum atomic E-state index is -0.139. The molecule has 0 saturated carbocycles. The van der Waals surface area contributed by atoms with Gasteiger partial charge in [0.1, 0.15) is 0 Å². The second-order valence-electron chi connectivity index (χ2n) is 0.512. The number of nitriles is 2. The van der Waals surface area contributed by atoms with E-state index in [1.807, 2.05) is 0 Å². The molecule has 0 amide bonds. The van der Waals surface area contributed by atoms with Gasteiger partial charge in [0.05, 0.1) is 0 Å². The summed E-state index contributed by atoms with van der Waals surface area (Å²) in [6.45, 7) is 0. The first-order valence-electron chi connectivity index (χ1n) is 1.09. The fraction of sp³-hybridized carbons (Fsp3) is 0. The third-order valence-corrected chi connectivity index (χ3v) is 0.189. The Morgan fingerprint density at radius 1 is 1.33 bits per heavy atom. The summed E-state index contributed by atoms with van der Waals surface area (Å²) in [7, 11) is 0. The van der Waals surface area contributed by atoms with Gasteiger partial charge in [-0.05, 0) is 0 Å². The highest BCUT2D eigenvalue weighted by molar-refractivity contribution is 4.75. The van der Waals surface area contributed by atoms with E-state index < -0.39 is 0 Å². The molecule has 0 fully saturated rings. The van der Waals surface area contributed by atoms with Gasteiger partial charge in [-0.15, -0.1) is 0 Å². The maximum Gasteiger partial charge on any atom is 0.220 e. The normalized spacial score (nSPS) is 5.17. The summed E-state index contributed by atoms with van der Waals surface area (Å²) in [5.74, 6) is 0. The Balaban J connectivity index is 3.40. The Labute approximate surface area is 34.4 Å². The van der Waals surface area contributed by atoms with Gasteiger partial charge in [0.25, 0.3) is 0 Å². The lowest BCUT2D eigenvalue weighted by Gasteiger charge is -1.82. The van der Waals surface area contributed by atoms with Crippen LogP contribution in [0.2, 0.25) is 0 Å². The maximum atomic E-state index is 7.78.